The topological polar surface area (TPSA) is 24.9 Å². The highest BCUT2D eigenvalue weighted by Crippen LogP contribution is 2.30. The summed E-state index contributed by atoms with van der Waals surface area (Å²) in [5.74, 6) is 0. The molecule has 0 aliphatic carbocycles. The summed E-state index contributed by atoms with van der Waals surface area (Å²) in [4.78, 5) is 6.20. The lowest BCUT2D eigenvalue weighted by Crippen LogP contribution is -2.35. The lowest BCUT2D eigenvalue weighted by Gasteiger charge is -2.20. The van der Waals surface area contributed by atoms with E-state index in [0.717, 1.165) is 18.0 Å². The Labute approximate surface area is 126 Å². The van der Waals surface area contributed by atoms with Crippen molar-refractivity contribution in [3.63, 3.8) is 0 Å². The molecule has 0 radical (unpaired) electrons. The summed E-state index contributed by atoms with van der Waals surface area (Å²) in [5, 5.41) is 4.71. The molecule has 0 aliphatic heterocycles. The van der Waals surface area contributed by atoms with Gasteiger partial charge in [-0.1, -0.05) is 31.2 Å². The standard InChI is InChI=1S/C17H24N2S/c1-6-14-15(11-18-17(3,4)5)20-16(19-14)13-10-8-7-9-12(13)2/h7-10,18H,6,11H2,1-5H3. The summed E-state index contributed by atoms with van der Waals surface area (Å²) in [5.41, 5.74) is 3.91. The van der Waals surface area contributed by atoms with Gasteiger partial charge in [0.2, 0.25) is 0 Å². The van der Waals surface area contributed by atoms with E-state index >= 15 is 0 Å². The highest BCUT2D eigenvalue weighted by molar-refractivity contribution is 7.15. The van der Waals surface area contributed by atoms with E-state index in [9.17, 15) is 0 Å². The molecule has 2 nitrogen and oxygen atoms in total. The SMILES string of the molecule is CCc1nc(-c2ccccc2C)sc1CNC(C)(C)C. The molecule has 0 aliphatic rings. The van der Waals surface area contributed by atoms with Crippen LogP contribution in [-0.4, -0.2) is 10.5 Å². The Morgan fingerprint density at radius 3 is 2.50 bits per heavy atom. The fourth-order valence-corrected chi connectivity index (χ4v) is 3.25. The molecule has 0 atom stereocenters. The smallest absolute Gasteiger partial charge is 0.124 e. The first kappa shape index (κ1) is 15.2. The van der Waals surface area contributed by atoms with Crippen LogP contribution < -0.4 is 5.32 Å². The number of nitrogens with zero attached hydrogens (tertiary/aromatic N) is 1. The monoisotopic (exact) mass is 288 g/mol. The first-order valence-corrected chi connectivity index (χ1v) is 8.02. The molecule has 1 aromatic carbocycles. The maximum absolute atomic E-state index is 4.84. The minimum atomic E-state index is 0.137. The number of rotatable bonds is 4. The zero-order chi connectivity index (χ0) is 14.8. The first-order valence-electron chi connectivity index (χ1n) is 7.20. The summed E-state index contributed by atoms with van der Waals surface area (Å²) in [7, 11) is 0. The molecule has 3 heteroatoms. The van der Waals surface area contributed by atoms with E-state index in [1.165, 1.54) is 21.7 Å². The number of aryl methyl sites for hydroxylation is 2. The molecule has 108 valence electrons. The van der Waals surface area contributed by atoms with E-state index in [1.54, 1.807) is 0 Å². The Kier molecular flexibility index (Phi) is 4.61. The van der Waals surface area contributed by atoms with E-state index in [4.69, 9.17) is 4.98 Å². The van der Waals surface area contributed by atoms with Gasteiger partial charge in [-0.25, -0.2) is 4.98 Å². The maximum atomic E-state index is 4.84. The van der Waals surface area contributed by atoms with Gasteiger partial charge in [0.05, 0.1) is 5.69 Å². The molecule has 0 bridgehead atoms. The van der Waals surface area contributed by atoms with Crippen LogP contribution in [0.25, 0.3) is 10.6 Å². The Morgan fingerprint density at radius 2 is 1.90 bits per heavy atom. The van der Waals surface area contributed by atoms with Gasteiger partial charge in [-0.3, -0.25) is 0 Å². The van der Waals surface area contributed by atoms with Crippen molar-refractivity contribution in [2.24, 2.45) is 0 Å². The van der Waals surface area contributed by atoms with Crippen LogP contribution in [0.15, 0.2) is 24.3 Å². The van der Waals surface area contributed by atoms with E-state index in [-0.39, 0.29) is 5.54 Å². The highest BCUT2D eigenvalue weighted by Gasteiger charge is 2.15. The molecule has 0 saturated heterocycles. The third-order valence-electron chi connectivity index (χ3n) is 3.27. The number of nitrogens with one attached hydrogen (secondary N) is 1. The van der Waals surface area contributed by atoms with Gasteiger partial charge in [-0.05, 0) is 39.7 Å². The van der Waals surface area contributed by atoms with Gasteiger partial charge < -0.3 is 5.32 Å². The largest absolute Gasteiger partial charge is 0.307 e. The fourth-order valence-electron chi connectivity index (χ4n) is 2.07. The number of thiazole rings is 1. The molecule has 0 amide bonds. The van der Waals surface area contributed by atoms with Crippen LogP contribution in [0.4, 0.5) is 0 Å². The van der Waals surface area contributed by atoms with Crippen molar-refractivity contribution in [3.8, 4) is 10.6 Å². The summed E-state index contributed by atoms with van der Waals surface area (Å²) in [6.07, 6.45) is 0.990. The van der Waals surface area contributed by atoms with Crippen LogP contribution in [0.3, 0.4) is 0 Å². The zero-order valence-electron chi connectivity index (χ0n) is 13.1. The third-order valence-corrected chi connectivity index (χ3v) is 4.40. The second-order valence-corrected chi connectivity index (χ2v) is 7.24. The van der Waals surface area contributed by atoms with Gasteiger partial charge in [0.1, 0.15) is 5.01 Å². The van der Waals surface area contributed by atoms with Gasteiger partial charge in [-0.15, -0.1) is 11.3 Å². The molecule has 1 aromatic heterocycles. The summed E-state index contributed by atoms with van der Waals surface area (Å²) >= 11 is 1.82. The number of aromatic nitrogens is 1. The normalized spacial score (nSPS) is 11.8. The van der Waals surface area contributed by atoms with E-state index in [0.29, 0.717) is 0 Å². The van der Waals surface area contributed by atoms with E-state index < -0.39 is 0 Å². The van der Waals surface area contributed by atoms with Crippen LogP contribution in [-0.2, 0) is 13.0 Å². The van der Waals surface area contributed by atoms with Crippen LogP contribution in [0.2, 0.25) is 0 Å². The van der Waals surface area contributed by atoms with Gasteiger partial charge in [0, 0.05) is 22.5 Å². The van der Waals surface area contributed by atoms with Crippen molar-refractivity contribution in [1.82, 2.24) is 10.3 Å². The van der Waals surface area contributed by atoms with Crippen molar-refractivity contribution in [2.75, 3.05) is 0 Å². The Morgan fingerprint density at radius 1 is 1.20 bits per heavy atom. The average molecular weight is 288 g/mol. The minimum absolute atomic E-state index is 0.137. The fraction of sp³-hybridized carbons (Fsp3) is 0.471. The minimum Gasteiger partial charge on any atom is -0.307 e. The van der Waals surface area contributed by atoms with Crippen molar-refractivity contribution >= 4 is 11.3 Å². The van der Waals surface area contributed by atoms with Crippen molar-refractivity contribution in [3.05, 3.63) is 40.4 Å². The van der Waals surface area contributed by atoms with E-state index in [2.05, 4.69) is 64.2 Å². The summed E-state index contributed by atoms with van der Waals surface area (Å²) in [6, 6.07) is 8.47. The maximum Gasteiger partial charge on any atom is 0.124 e. The lowest BCUT2D eigenvalue weighted by atomic mass is 10.1. The molecule has 2 aromatic rings. The second-order valence-electron chi connectivity index (χ2n) is 6.16. The molecular weight excluding hydrogens is 264 g/mol. The zero-order valence-corrected chi connectivity index (χ0v) is 13.9. The number of hydrogen-bond acceptors (Lipinski definition) is 3. The predicted octanol–water partition coefficient (Wildman–Crippen LogP) is 4.57. The van der Waals surface area contributed by atoms with Gasteiger partial charge in [-0.2, -0.15) is 0 Å². The quantitative estimate of drug-likeness (QED) is 0.891. The van der Waals surface area contributed by atoms with Crippen LogP contribution in [0.5, 0.6) is 0 Å². The molecule has 0 spiro atoms. The highest BCUT2D eigenvalue weighted by atomic mass is 32.1. The van der Waals surface area contributed by atoms with Gasteiger partial charge in [0.15, 0.2) is 0 Å². The molecule has 1 N–H and O–H groups in total. The Balaban J connectivity index is 2.29. The third kappa shape index (κ3) is 3.68. The van der Waals surface area contributed by atoms with E-state index in [1.807, 2.05) is 11.3 Å². The van der Waals surface area contributed by atoms with Gasteiger partial charge >= 0.3 is 0 Å². The molecule has 0 saturated carbocycles. The van der Waals surface area contributed by atoms with Crippen LogP contribution in [0, 0.1) is 6.92 Å². The Hall–Kier alpha value is -1.19. The lowest BCUT2D eigenvalue weighted by molar-refractivity contribution is 0.425. The molecule has 20 heavy (non-hydrogen) atoms. The average Bonchev–Trinajstić information content (AvgIpc) is 2.79. The number of hydrogen-bond donors (Lipinski definition) is 1. The Bertz CT molecular complexity index is 579. The van der Waals surface area contributed by atoms with Crippen LogP contribution in [0.1, 0.15) is 43.8 Å². The molecule has 2 rings (SSSR count). The molecule has 0 fully saturated rings. The summed E-state index contributed by atoms with van der Waals surface area (Å²) < 4.78 is 0. The molecule has 1 heterocycles. The van der Waals surface area contributed by atoms with Crippen molar-refractivity contribution < 1.29 is 0 Å². The number of benzene rings is 1. The van der Waals surface area contributed by atoms with Crippen LogP contribution >= 0.6 is 11.3 Å². The van der Waals surface area contributed by atoms with Crippen molar-refractivity contribution in [2.45, 2.75) is 53.1 Å². The van der Waals surface area contributed by atoms with Crippen molar-refractivity contribution in [1.29, 1.82) is 0 Å². The molecule has 0 unspecified atom stereocenters. The van der Waals surface area contributed by atoms with Gasteiger partial charge in [0.25, 0.3) is 0 Å². The molecular formula is C17H24N2S. The summed E-state index contributed by atoms with van der Waals surface area (Å²) in [6.45, 7) is 11.8. The second kappa shape index (κ2) is 6.06. The predicted molar refractivity (Wildman–Crippen MR) is 88.3 cm³/mol. The first-order chi connectivity index (χ1) is 9.40.